The Morgan fingerprint density at radius 3 is 2.46 bits per heavy atom. The van der Waals surface area contributed by atoms with Crippen LogP contribution in [0.25, 0.3) is 5.57 Å². The van der Waals surface area contributed by atoms with Gasteiger partial charge in [0.2, 0.25) is 0 Å². The molecule has 24 heavy (non-hydrogen) atoms. The molecule has 0 radical (unpaired) electrons. The fraction of sp³-hybridized carbons (Fsp3) is 0.524. The summed E-state index contributed by atoms with van der Waals surface area (Å²) in [7, 11) is 0. The number of allylic oxidation sites excluding steroid dienone is 1. The zero-order chi connectivity index (χ0) is 17.5. The second-order valence-electron chi connectivity index (χ2n) is 7.10. The van der Waals surface area contributed by atoms with Crippen molar-refractivity contribution in [1.29, 1.82) is 0 Å². The molecule has 0 saturated carbocycles. The van der Waals surface area contributed by atoms with Crippen LogP contribution in [0.2, 0.25) is 0 Å². The zero-order valence-corrected chi connectivity index (χ0v) is 17.3. The number of hydrogen-bond donors (Lipinski definition) is 0. The van der Waals surface area contributed by atoms with Gasteiger partial charge in [0.1, 0.15) is 10.2 Å². The molecule has 0 amide bonds. The van der Waals surface area contributed by atoms with E-state index < -0.39 is 0 Å². The maximum absolute atomic E-state index is 12.9. The summed E-state index contributed by atoms with van der Waals surface area (Å²) in [6.07, 6.45) is 6.91. The maximum Gasteiger partial charge on any atom is 0.252 e. The van der Waals surface area contributed by atoms with E-state index in [1.54, 1.807) is 0 Å². The van der Waals surface area contributed by atoms with Gasteiger partial charge in [-0.05, 0) is 41.5 Å². The Morgan fingerprint density at radius 2 is 1.92 bits per heavy atom. The van der Waals surface area contributed by atoms with Crippen molar-refractivity contribution in [3.8, 4) is 0 Å². The second-order valence-corrected chi connectivity index (χ2v) is 8.26. The van der Waals surface area contributed by atoms with Crippen LogP contribution < -0.4 is 22.6 Å². The highest BCUT2D eigenvalue weighted by Crippen LogP contribution is 2.30. The van der Waals surface area contributed by atoms with Gasteiger partial charge in [-0.3, -0.25) is 9.79 Å². The number of alkyl halides is 1. The summed E-state index contributed by atoms with van der Waals surface area (Å²) in [6, 6.07) is 8.66. The van der Waals surface area contributed by atoms with E-state index in [1.165, 1.54) is 16.7 Å². The van der Waals surface area contributed by atoms with Crippen molar-refractivity contribution in [3.63, 3.8) is 0 Å². The van der Waals surface area contributed by atoms with Gasteiger partial charge in [0, 0.05) is 31.0 Å². The molecule has 1 aliphatic rings. The van der Waals surface area contributed by atoms with Gasteiger partial charge < -0.3 is 0 Å². The molecule has 0 aliphatic carbocycles. The standard InChI is InChI=1S/C21H29INO/c1-15(2)14-20(21(24)16(3)8-11-22)19-6-4-17(5-7-19)18-9-12-23-13-10-18/h4-7,9,12,15-16,20,22H,8,10-11,13-14H2,1-3H3/q+1/t16-,20?/m1/s1. The zero-order valence-electron chi connectivity index (χ0n) is 15.0. The van der Waals surface area contributed by atoms with E-state index >= 15 is 0 Å². The molecule has 0 saturated heterocycles. The van der Waals surface area contributed by atoms with Crippen LogP contribution in [-0.4, -0.2) is 23.0 Å². The number of hydrogen-bond acceptors (Lipinski definition) is 2. The first-order valence-corrected chi connectivity index (χ1v) is 10.6. The number of carbonyl (C=O) groups excluding carboxylic acids is 1. The minimum atomic E-state index is 0.0312. The molecule has 2 rings (SSSR count). The Labute approximate surface area is 160 Å². The van der Waals surface area contributed by atoms with Crippen LogP contribution in [0.3, 0.4) is 0 Å². The summed E-state index contributed by atoms with van der Waals surface area (Å²) >= 11 is 2.08. The summed E-state index contributed by atoms with van der Waals surface area (Å²) < 4.78 is 1.08. The molecule has 1 unspecified atom stereocenters. The van der Waals surface area contributed by atoms with Gasteiger partial charge in [-0.15, -0.1) is 0 Å². The lowest BCUT2D eigenvalue weighted by Crippen LogP contribution is -3.35. The fourth-order valence-electron chi connectivity index (χ4n) is 3.21. The van der Waals surface area contributed by atoms with Crippen LogP contribution in [0.5, 0.6) is 0 Å². The van der Waals surface area contributed by atoms with E-state index in [4.69, 9.17) is 0 Å². The average Bonchev–Trinajstić information content (AvgIpc) is 2.60. The van der Waals surface area contributed by atoms with Crippen molar-refractivity contribution >= 4 is 17.6 Å². The third-order valence-electron chi connectivity index (χ3n) is 4.66. The smallest absolute Gasteiger partial charge is 0.252 e. The van der Waals surface area contributed by atoms with Crippen molar-refractivity contribution in [3.05, 3.63) is 41.5 Å². The molecular formula is C21H29INO+. The van der Waals surface area contributed by atoms with Gasteiger partial charge in [-0.2, -0.15) is 0 Å². The Balaban J connectivity index is 2.21. The monoisotopic (exact) mass is 438 g/mol. The quantitative estimate of drug-likeness (QED) is 0.448. The van der Waals surface area contributed by atoms with Crippen molar-refractivity contribution in [2.75, 3.05) is 11.0 Å². The minimum Gasteiger partial charge on any atom is -0.299 e. The predicted molar refractivity (Wildman–Crippen MR) is 99.6 cm³/mol. The Morgan fingerprint density at radius 1 is 1.21 bits per heavy atom. The minimum absolute atomic E-state index is 0.0312. The van der Waals surface area contributed by atoms with Crippen LogP contribution in [0.4, 0.5) is 0 Å². The highest BCUT2D eigenvalue weighted by Gasteiger charge is 2.26. The molecule has 1 aliphatic heterocycles. The number of benzene rings is 1. The van der Waals surface area contributed by atoms with Gasteiger partial charge in [-0.25, -0.2) is 0 Å². The summed E-state index contributed by atoms with van der Waals surface area (Å²) in [5, 5.41) is 0. The second kappa shape index (κ2) is 9.50. The lowest BCUT2D eigenvalue weighted by Gasteiger charge is -2.22. The van der Waals surface area contributed by atoms with Crippen LogP contribution >= 0.6 is 0 Å². The third-order valence-corrected chi connectivity index (χ3v) is 5.34. The predicted octanol–water partition coefficient (Wildman–Crippen LogP) is 1.56. The molecule has 1 aromatic carbocycles. The maximum atomic E-state index is 12.9. The Bertz CT molecular complexity index is 601. The summed E-state index contributed by atoms with van der Waals surface area (Å²) in [5.41, 5.74) is 3.76. The highest BCUT2D eigenvalue weighted by molar-refractivity contribution is 5.88. The van der Waals surface area contributed by atoms with E-state index in [1.807, 2.05) is 6.21 Å². The number of Topliss-reactive ketones (excluding diaryl/α,β-unsaturated/α-hetero) is 1. The van der Waals surface area contributed by atoms with Crippen molar-refractivity contribution in [1.82, 2.24) is 0 Å². The van der Waals surface area contributed by atoms with Crippen molar-refractivity contribution in [2.45, 2.75) is 46.0 Å². The first-order chi connectivity index (χ1) is 11.5. The molecule has 1 heterocycles. The van der Waals surface area contributed by atoms with Crippen LogP contribution in [0, 0.1) is 11.8 Å². The lowest BCUT2D eigenvalue weighted by atomic mass is 9.81. The van der Waals surface area contributed by atoms with Crippen molar-refractivity contribution in [2.24, 2.45) is 16.8 Å². The number of dihydropyridines is 1. The average molecular weight is 438 g/mol. The topological polar surface area (TPSA) is 29.4 Å². The Hall–Kier alpha value is -0.970. The molecule has 1 aromatic rings. The van der Waals surface area contributed by atoms with Crippen LogP contribution in [0.15, 0.2) is 35.3 Å². The molecule has 0 aromatic heterocycles. The number of nitrogens with zero attached hydrogens (tertiary/aromatic N) is 1. The SMILES string of the molecule is CC(C)CC(C(=O)[C@H](C)CC[IH+])c1ccc(C2=CC=NCC2)cc1. The van der Waals surface area contributed by atoms with Gasteiger partial charge in [0.15, 0.2) is 0 Å². The molecular weight excluding hydrogens is 409 g/mol. The first kappa shape index (κ1) is 19.4. The van der Waals surface area contributed by atoms with Crippen molar-refractivity contribution < 1.29 is 27.4 Å². The summed E-state index contributed by atoms with van der Waals surface area (Å²) in [4.78, 5) is 17.2. The molecule has 130 valence electrons. The lowest BCUT2D eigenvalue weighted by molar-refractivity contribution is -0.369. The van der Waals surface area contributed by atoms with Crippen LogP contribution in [0.1, 0.15) is 57.1 Å². The van der Waals surface area contributed by atoms with E-state index in [9.17, 15) is 4.79 Å². The fourth-order valence-corrected chi connectivity index (χ4v) is 4.22. The van der Waals surface area contributed by atoms with Gasteiger partial charge in [0.05, 0.1) is 0 Å². The van der Waals surface area contributed by atoms with Gasteiger partial charge in [0.25, 0.3) is 22.6 Å². The number of carbonyl (C=O) groups is 1. The van der Waals surface area contributed by atoms with E-state index in [-0.39, 0.29) is 11.8 Å². The molecule has 0 fully saturated rings. The third kappa shape index (κ3) is 5.27. The number of halogens is 1. The molecule has 0 bridgehead atoms. The van der Waals surface area contributed by atoms with E-state index in [2.05, 4.69) is 78.7 Å². The van der Waals surface area contributed by atoms with E-state index in [0.29, 0.717) is 11.7 Å². The van der Waals surface area contributed by atoms with Crippen LogP contribution in [-0.2, 0) is 4.79 Å². The van der Waals surface area contributed by atoms with Gasteiger partial charge in [-0.1, -0.05) is 45.0 Å². The molecule has 2 atom stereocenters. The normalized spacial score (nSPS) is 16.8. The molecule has 3 heteroatoms. The number of ketones is 1. The molecule has 2 nitrogen and oxygen atoms in total. The highest BCUT2D eigenvalue weighted by atomic mass is 127. The Kier molecular flexibility index (Phi) is 7.66. The molecule has 0 N–H and O–H groups in total. The number of aliphatic imine (C=N–C) groups is 1. The largest absolute Gasteiger partial charge is 0.299 e. The first-order valence-electron chi connectivity index (χ1n) is 8.94. The molecule has 0 spiro atoms. The summed E-state index contributed by atoms with van der Waals surface area (Å²) in [6.45, 7) is 7.36. The number of rotatable bonds is 8. The van der Waals surface area contributed by atoms with E-state index in [0.717, 1.165) is 30.2 Å². The summed E-state index contributed by atoms with van der Waals surface area (Å²) in [5.74, 6) is 1.11. The van der Waals surface area contributed by atoms with Gasteiger partial charge >= 0.3 is 0 Å².